The van der Waals surface area contributed by atoms with Crippen LogP contribution in [0.1, 0.15) is 38.9 Å². The van der Waals surface area contributed by atoms with E-state index in [1.807, 2.05) is 22.2 Å². The summed E-state index contributed by atoms with van der Waals surface area (Å²) in [7, 11) is -3.72. The molecule has 2 N–H and O–H groups in total. The molecule has 4 rings (SSSR count). The molecular formula is C22H20N4O4S2. The van der Waals surface area contributed by atoms with E-state index in [0.717, 1.165) is 10.7 Å². The van der Waals surface area contributed by atoms with Crippen LogP contribution in [0.3, 0.4) is 0 Å². The first-order chi connectivity index (χ1) is 15.3. The lowest BCUT2D eigenvalue weighted by molar-refractivity contribution is 0.0949. The molecular weight excluding hydrogens is 448 g/mol. The van der Waals surface area contributed by atoms with Crippen LogP contribution in [-0.4, -0.2) is 29.5 Å². The SMILES string of the molecule is CC(=O)c1ccc(S(=O)(=O)NCc2ccc(C(=O)NCc3cn4ccsc4n3)cc2)cc1. The van der Waals surface area contributed by atoms with E-state index in [9.17, 15) is 18.0 Å². The zero-order valence-electron chi connectivity index (χ0n) is 17.1. The Kier molecular flexibility index (Phi) is 6.17. The van der Waals surface area contributed by atoms with E-state index in [-0.39, 0.29) is 23.1 Å². The van der Waals surface area contributed by atoms with Crippen LogP contribution in [0, 0.1) is 0 Å². The van der Waals surface area contributed by atoms with Crippen LogP contribution in [-0.2, 0) is 23.1 Å². The first kappa shape index (κ1) is 21.9. The van der Waals surface area contributed by atoms with Crippen LogP contribution < -0.4 is 10.0 Å². The molecule has 32 heavy (non-hydrogen) atoms. The Balaban J connectivity index is 1.33. The van der Waals surface area contributed by atoms with Crippen molar-refractivity contribution in [3.8, 4) is 0 Å². The Morgan fingerprint density at radius 2 is 1.69 bits per heavy atom. The molecule has 0 radical (unpaired) electrons. The number of nitrogens with zero attached hydrogens (tertiary/aromatic N) is 2. The van der Waals surface area contributed by atoms with Gasteiger partial charge in [0.15, 0.2) is 10.7 Å². The van der Waals surface area contributed by atoms with Gasteiger partial charge >= 0.3 is 0 Å². The van der Waals surface area contributed by atoms with Crippen molar-refractivity contribution in [1.29, 1.82) is 0 Å². The number of aromatic nitrogens is 2. The number of imidazole rings is 1. The molecule has 0 atom stereocenters. The number of nitrogens with one attached hydrogen (secondary N) is 2. The number of rotatable bonds is 8. The first-order valence-corrected chi connectivity index (χ1v) is 12.1. The Bertz CT molecular complexity index is 1340. The minimum absolute atomic E-state index is 0.0735. The zero-order chi connectivity index (χ0) is 22.7. The number of Topliss-reactive ketones (excluding diaryl/α,β-unsaturated/α-hetero) is 1. The van der Waals surface area contributed by atoms with Crippen molar-refractivity contribution in [2.24, 2.45) is 0 Å². The minimum Gasteiger partial charge on any atom is -0.346 e. The summed E-state index contributed by atoms with van der Waals surface area (Å²) in [4.78, 5) is 29.1. The van der Waals surface area contributed by atoms with Gasteiger partial charge in [-0.2, -0.15) is 0 Å². The van der Waals surface area contributed by atoms with Crippen molar-refractivity contribution >= 4 is 38.0 Å². The fraction of sp³-hybridized carbons (Fsp3) is 0.136. The molecule has 4 aromatic rings. The highest BCUT2D eigenvalue weighted by Crippen LogP contribution is 2.13. The fourth-order valence-electron chi connectivity index (χ4n) is 3.04. The summed E-state index contributed by atoms with van der Waals surface area (Å²) in [6, 6.07) is 12.4. The molecule has 0 spiro atoms. The van der Waals surface area contributed by atoms with E-state index < -0.39 is 10.0 Å². The average molecular weight is 469 g/mol. The molecule has 164 valence electrons. The molecule has 0 unspecified atom stereocenters. The van der Waals surface area contributed by atoms with Crippen molar-refractivity contribution < 1.29 is 18.0 Å². The molecule has 2 aromatic carbocycles. The van der Waals surface area contributed by atoms with Gasteiger partial charge in [-0.15, -0.1) is 11.3 Å². The molecule has 0 saturated heterocycles. The highest BCUT2D eigenvalue weighted by molar-refractivity contribution is 7.89. The average Bonchev–Trinajstić information content (AvgIpc) is 3.38. The highest BCUT2D eigenvalue weighted by Gasteiger charge is 2.14. The molecule has 10 heteroatoms. The second-order valence-corrected chi connectivity index (χ2v) is 9.75. The lowest BCUT2D eigenvalue weighted by Crippen LogP contribution is -2.24. The van der Waals surface area contributed by atoms with Crippen LogP contribution in [0.25, 0.3) is 4.96 Å². The number of carbonyl (C=O) groups excluding carboxylic acids is 2. The Labute approximate surface area is 189 Å². The molecule has 0 saturated carbocycles. The number of benzene rings is 2. The number of hydrogen-bond acceptors (Lipinski definition) is 6. The predicted octanol–water partition coefficient (Wildman–Crippen LogP) is 3.01. The summed E-state index contributed by atoms with van der Waals surface area (Å²) < 4.78 is 29.3. The van der Waals surface area contributed by atoms with E-state index >= 15 is 0 Å². The van der Waals surface area contributed by atoms with E-state index in [2.05, 4.69) is 15.0 Å². The normalized spacial score (nSPS) is 11.5. The van der Waals surface area contributed by atoms with Crippen LogP contribution >= 0.6 is 11.3 Å². The van der Waals surface area contributed by atoms with Crippen molar-refractivity contribution in [3.63, 3.8) is 0 Å². The van der Waals surface area contributed by atoms with E-state index in [4.69, 9.17) is 0 Å². The predicted molar refractivity (Wildman–Crippen MR) is 121 cm³/mol. The molecule has 0 bridgehead atoms. The highest BCUT2D eigenvalue weighted by atomic mass is 32.2. The topological polar surface area (TPSA) is 110 Å². The first-order valence-electron chi connectivity index (χ1n) is 9.71. The monoisotopic (exact) mass is 468 g/mol. The second-order valence-electron chi connectivity index (χ2n) is 7.11. The standard InChI is InChI=1S/C22H20N4O4S2/c1-15(27)17-6-8-20(9-7-17)32(29,30)24-12-16-2-4-18(5-3-16)21(28)23-13-19-14-26-10-11-31-22(26)25-19/h2-11,14,24H,12-13H2,1H3,(H,23,28). The zero-order valence-corrected chi connectivity index (χ0v) is 18.7. The third-order valence-corrected chi connectivity index (χ3v) is 7.01. The molecule has 1 amide bonds. The third kappa shape index (κ3) is 4.93. The van der Waals surface area contributed by atoms with Crippen LogP contribution in [0.4, 0.5) is 0 Å². The fourth-order valence-corrected chi connectivity index (χ4v) is 4.78. The molecule has 0 aliphatic heterocycles. The van der Waals surface area contributed by atoms with Gasteiger partial charge in [-0.05, 0) is 36.8 Å². The van der Waals surface area contributed by atoms with Crippen molar-refractivity contribution in [3.05, 3.63) is 88.7 Å². The van der Waals surface area contributed by atoms with Crippen molar-refractivity contribution in [2.75, 3.05) is 0 Å². The smallest absolute Gasteiger partial charge is 0.251 e. The van der Waals surface area contributed by atoms with Gasteiger partial charge in [0.1, 0.15) is 0 Å². The Hall–Kier alpha value is -3.34. The van der Waals surface area contributed by atoms with Gasteiger partial charge in [0.2, 0.25) is 10.0 Å². The van der Waals surface area contributed by atoms with Crippen LogP contribution in [0.5, 0.6) is 0 Å². The van der Waals surface area contributed by atoms with Gasteiger partial charge in [-0.1, -0.05) is 24.3 Å². The van der Waals surface area contributed by atoms with E-state index in [0.29, 0.717) is 23.2 Å². The summed E-state index contributed by atoms with van der Waals surface area (Å²) in [5.74, 6) is -0.366. The number of fused-ring (bicyclic) bond motifs is 1. The van der Waals surface area contributed by atoms with Gasteiger partial charge < -0.3 is 5.32 Å². The quantitative estimate of drug-likeness (QED) is 0.386. The molecule has 2 aromatic heterocycles. The molecule has 0 fully saturated rings. The summed E-state index contributed by atoms with van der Waals surface area (Å²) >= 11 is 1.52. The number of thiazole rings is 1. The summed E-state index contributed by atoms with van der Waals surface area (Å²) in [5, 5.41) is 4.77. The Morgan fingerprint density at radius 3 is 2.34 bits per heavy atom. The number of ketones is 1. The van der Waals surface area contributed by atoms with Crippen molar-refractivity contribution in [1.82, 2.24) is 19.4 Å². The summed E-state index contributed by atoms with van der Waals surface area (Å²) in [5.41, 5.74) is 2.40. The number of amides is 1. The molecule has 8 nitrogen and oxygen atoms in total. The van der Waals surface area contributed by atoms with Gasteiger partial charge in [0.05, 0.1) is 17.1 Å². The Morgan fingerprint density at radius 1 is 1.00 bits per heavy atom. The van der Waals surface area contributed by atoms with Crippen LogP contribution in [0.2, 0.25) is 0 Å². The summed E-state index contributed by atoms with van der Waals surface area (Å²) in [6.07, 6.45) is 3.78. The number of sulfonamides is 1. The van der Waals surface area contributed by atoms with Crippen molar-refractivity contribution in [2.45, 2.75) is 24.9 Å². The number of carbonyl (C=O) groups is 2. The summed E-state index contributed by atoms with van der Waals surface area (Å²) in [6.45, 7) is 1.81. The molecule has 2 heterocycles. The maximum Gasteiger partial charge on any atom is 0.251 e. The third-order valence-electron chi connectivity index (χ3n) is 4.83. The lowest BCUT2D eigenvalue weighted by atomic mass is 10.1. The number of hydrogen-bond donors (Lipinski definition) is 2. The minimum atomic E-state index is -3.72. The van der Waals surface area contributed by atoms with Crippen LogP contribution in [0.15, 0.2) is 71.2 Å². The van der Waals surface area contributed by atoms with Gasteiger partial charge in [-0.25, -0.2) is 18.1 Å². The van der Waals surface area contributed by atoms with Gasteiger partial charge in [0.25, 0.3) is 5.91 Å². The maximum atomic E-state index is 12.5. The molecule has 0 aliphatic carbocycles. The van der Waals surface area contributed by atoms with Gasteiger partial charge in [-0.3, -0.25) is 14.0 Å². The lowest BCUT2D eigenvalue weighted by Gasteiger charge is -2.08. The largest absolute Gasteiger partial charge is 0.346 e. The van der Waals surface area contributed by atoms with Gasteiger partial charge in [0, 0.05) is 35.4 Å². The molecule has 0 aliphatic rings. The van der Waals surface area contributed by atoms with E-state index in [1.165, 1.54) is 42.5 Å². The maximum absolute atomic E-state index is 12.5. The van der Waals surface area contributed by atoms with E-state index in [1.54, 1.807) is 24.3 Å². The second kappa shape index (κ2) is 9.03.